The second kappa shape index (κ2) is 9.33. The van der Waals surface area contributed by atoms with E-state index in [-0.39, 0.29) is 17.5 Å². The van der Waals surface area contributed by atoms with Crippen LogP contribution in [0.3, 0.4) is 0 Å². The summed E-state index contributed by atoms with van der Waals surface area (Å²) in [6.07, 6.45) is 2.72. The second-order valence-corrected chi connectivity index (χ2v) is 10.6. The predicted octanol–water partition coefficient (Wildman–Crippen LogP) is 4.44. The van der Waals surface area contributed by atoms with Gasteiger partial charge in [-0.1, -0.05) is 30.0 Å². The van der Waals surface area contributed by atoms with Crippen molar-refractivity contribution in [1.82, 2.24) is 10.2 Å². The van der Waals surface area contributed by atoms with Crippen LogP contribution in [0.15, 0.2) is 28.6 Å². The normalized spacial score (nSPS) is 15.4. The third-order valence-corrected chi connectivity index (χ3v) is 7.98. The standard InChI is InChI=1S/C20H20FN5O2S3/c1-10-2-7-13-14(8-10)30-18(16(13)17(22)28)24-15(27)9-29-20-26-25-19(31-20)23-12-5-3-11(21)4-6-12/h3-6,10H,2,7-9H2,1H3,(H2,22,28)(H,23,25)(H,24,27). The molecule has 1 atom stereocenters. The van der Waals surface area contributed by atoms with Crippen molar-refractivity contribution in [2.75, 3.05) is 16.4 Å². The van der Waals surface area contributed by atoms with Crippen molar-refractivity contribution in [3.8, 4) is 0 Å². The molecule has 0 fully saturated rings. The number of thiophene rings is 1. The summed E-state index contributed by atoms with van der Waals surface area (Å²) in [6.45, 7) is 2.18. The predicted molar refractivity (Wildman–Crippen MR) is 123 cm³/mol. The van der Waals surface area contributed by atoms with Crippen LogP contribution in [-0.4, -0.2) is 27.8 Å². The van der Waals surface area contributed by atoms with Crippen LogP contribution in [0.1, 0.15) is 34.1 Å². The number of carbonyl (C=O) groups excluding carboxylic acids is 2. The molecule has 0 bridgehead atoms. The Bertz CT molecular complexity index is 1110. The summed E-state index contributed by atoms with van der Waals surface area (Å²) < 4.78 is 13.6. The van der Waals surface area contributed by atoms with Gasteiger partial charge in [0, 0.05) is 10.6 Å². The van der Waals surface area contributed by atoms with E-state index in [9.17, 15) is 14.0 Å². The van der Waals surface area contributed by atoms with Gasteiger partial charge in [-0.15, -0.1) is 21.5 Å². The monoisotopic (exact) mass is 477 g/mol. The maximum absolute atomic E-state index is 13.0. The number of carbonyl (C=O) groups is 2. The molecule has 2 amide bonds. The Morgan fingerprint density at radius 1 is 1.26 bits per heavy atom. The summed E-state index contributed by atoms with van der Waals surface area (Å²) in [5.74, 6) is -0.368. The lowest BCUT2D eigenvalue weighted by Gasteiger charge is -2.18. The van der Waals surface area contributed by atoms with Gasteiger partial charge in [-0.3, -0.25) is 9.59 Å². The van der Waals surface area contributed by atoms with Gasteiger partial charge < -0.3 is 16.4 Å². The highest BCUT2D eigenvalue weighted by atomic mass is 32.2. The molecule has 162 valence electrons. The van der Waals surface area contributed by atoms with Gasteiger partial charge in [-0.05, 0) is 55.0 Å². The van der Waals surface area contributed by atoms with Gasteiger partial charge in [0.2, 0.25) is 11.0 Å². The number of amides is 2. The summed E-state index contributed by atoms with van der Waals surface area (Å²) in [7, 11) is 0. The van der Waals surface area contributed by atoms with Crippen LogP contribution in [0.5, 0.6) is 0 Å². The largest absolute Gasteiger partial charge is 0.365 e. The lowest BCUT2D eigenvalue weighted by atomic mass is 9.88. The van der Waals surface area contributed by atoms with Gasteiger partial charge in [0.1, 0.15) is 10.8 Å². The fourth-order valence-corrected chi connectivity index (χ4v) is 6.37. The fraction of sp³-hybridized carbons (Fsp3) is 0.300. The lowest BCUT2D eigenvalue weighted by molar-refractivity contribution is -0.113. The zero-order valence-corrected chi connectivity index (χ0v) is 19.1. The van der Waals surface area contributed by atoms with E-state index in [4.69, 9.17) is 5.73 Å². The van der Waals surface area contributed by atoms with Crippen LogP contribution in [-0.2, 0) is 17.6 Å². The Kier molecular flexibility index (Phi) is 6.54. The maximum Gasteiger partial charge on any atom is 0.251 e. The van der Waals surface area contributed by atoms with Crippen LogP contribution >= 0.6 is 34.4 Å². The van der Waals surface area contributed by atoms with Crippen molar-refractivity contribution in [2.24, 2.45) is 11.7 Å². The summed E-state index contributed by atoms with van der Waals surface area (Å²) >= 11 is 3.99. The minimum Gasteiger partial charge on any atom is -0.365 e. The molecule has 0 radical (unpaired) electrons. The third kappa shape index (κ3) is 5.23. The topological polar surface area (TPSA) is 110 Å². The average molecular weight is 478 g/mol. The first-order chi connectivity index (χ1) is 14.9. The number of nitrogens with zero attached hydrogens (tertiary/aromatic N) is 2. The molecule has 7 nitrogen and oxygen atoms in total. The molecule has 11 heteroatoms. The van der Waals surface area contributed by atoms with E-state index >= 15 is 0 Å². The number of benzene rings is 1. The molecule has 2 heterocycles. The molecule has 1 unspecified atom stereocenters. The molecule has 4 N–H and O–H groups in total. The molecule has 0 saturated heterocycles. The summed E-state index contributed by atoms with van der Waals surface area (Å²) in [4.78, 5) is 25.6. The van der Waals surface area contributed by atoms with E-state index in [0.29, 0.717) is 31.6 Å². The van der Waals surface area contributed by atoms with Gasteiger partial charge in [0.15, 0.2) is 4.34 Å². The van der Waals surface area contributed by atoms with Crippen molar-refractivity contribution in [1.29, 1.82) is 0 Å². The number of hydrogen-bond acceptors (Lipinski definition) is 8. The first-order valence-electron chi connectivity index (χ1n) is 9.62. The van der Waals surface area contributed by atoms with Gasteiger partial charge in [0.05, 0.1) is 11.3 Å². The second-order valence-electron chi connectivity index (χ2n) is 7.26. The Morgan fingerprint density at radius 3 is 2.77 bits per heavy atom. The number of anilines is 3. The summed E-state index contributed by atoms with van der Waals surface area (Å²) in [6, 6.07) is 5.92. The average Bonchev–Trinajstić information content (AvgIpc) is 3.31. The number of primary amides is 1. The molecule has 31 heavy (non-hydrogen) atoms. The van der Waals surface area contributed by atoms with Crippen molar-refractivity contribution in [3.05, 3.63) is 46.1 Å². The van der Waals surface area contributed by atoms with Gasteiger partial charge in [-0.25, -0.2) is 4.39 Å². The molecule has 0 aliphatic heterocycles. The quantitative estimate of drug-likeness (QED) is 0.434. The highest BCUT2D eigenvalue weighted by Crippen LogP contribution is 2.39. The number of nitrogens with two attached hydrogens (primary N) is 1. The summed E-state index contributed by atoms with van der Waals surface area (Å²) in [5, 5.41) is 15.1. The molecule has 1 aromatic carbocycles. The Labute approximate surface area is 190 Å². The smallest absolute Gasteiger partial charge is 0.251 e. The Hall–Kier alpha value is -2.50. The third-order valence-electron chi connectivity index (χ3n) is 4.84. The van der Waals surface area contributed by atoms with Crippen molar-refractivity contribution in [2.45, 2.75) is 30.5 Å². The van der Waals surface area contributed by atoms with E-state index in [1.807, 2.05) is 0 Å². The molecule has 3 aromatic rings. The molecule has 0 spiro atoms. The highest BCUT2D eigenvalue weighted by molar-refractivity contribution is 8.01. The van der Waals surface area contributed by atoms with Crippen molar-refractivity contribution in [3.63, 3.8) is 0 Å². The van der Waals surface area contributed by atoms with Gasteiger partial charge in [-0.2, -0.15) is 0 Å². The first-order valence-corrected chi connectivity index (χ1v) is 12.2. The fourth-order valence-electron chi connectivity index (χ4n) is 3.36. The van der Waals surface area contributed by atoms with Crippen LogP contribution < -0.4 is 16.4 Å². The number of aromatic nitrogens is 2. The highest BCUT2D eigenvalue weighted by Gasteiger charge is 2.27. The Balaban J connectivity index is 1.36. The van der Waals surface area contributed by atoms with E-state index in [1.165, 1.54) is 46.6 Å². The van der Waals surface area contributed by atoms with E-state index in [2.05, 4.69) is 27.8 Å². The number of hydrogen-bond donors (Lipinski definition) is 3. The van der Waals surface area contributed by atoms with Gasteiger partial charge >= 0.3 is 0 Å². The van der Waals surface area contributed by atoms with Crippen LogP contribution in [0.2, 0.25) is 0 Å². The molecule has 1 aliphatic rings. The number of halogens is 1. The van der Waals surface area contributed by atoms with Crippen LogP contribution in [0, 0.1) is 11.7 Å². The minimum atomic E-state index is -0.504. The number of thioether (sulfide) groups is 1. The summed E-state index contributed by atoms with van der Waals surface area (Å²) in [5.41, 5.74) is 7.73. The molecule has 1 aliphatic carbocycles. The maximum atomic E-state index is 13.0. The van der Waals surface area contributed by atoms with E-state index in [1.54, 1.807) is 12.1 Å². The van der Waals surface area contributed by atoms with Crippen molar-refractivity contribution < 1.29 is 14.0 Å². The molecule has 2 aromatic heterocycles. The number of nitrogens with one attached hydrogen (secondary N) is 2. The zero-order chi connectivity index (χ0) is 22.0. The molecule has 4 rings (SSSR count). The molecular formula is C20H20FN5O2S3. The van der Waals surface area contributed by atoms with Gasteiger partial charge in [0.25, 0.3) is 5.91 Å². The SMILES string of the molecule is CC1CCc2c(sc(NC(=O)CSc3nnc(Nc4ccc(F)cc4)s3)c2C(N)=O)C1. The van der Waals surface area contributed by atoms with Crippen LogP contribution in [0.25, 0.3) is 0 Å². The molecule has 0 saturated carbocycles. The van der Waals surface area contributed by atoms with Crippen LogP contribution in [0.4, 0.5) is 20.2 Å². The van der Waals surface area contributed by atoms with E-state index < -0.39 is 5.91 Å². The van der Waals surface area contributed by atoms with E-state index in [0.717, 1.165) is 29.7 Å². The number of rotatable bonds is 7. The first kappa shape index (κ1) is 21.7. The molecular weight excluding hydrogens is 457 g/mol. The zero-order valence-electron chi connectivity index (χ0n) is 16.6. The van der Waals surface area contributed by atoms with Crippen molar-refractivity contribution >= 4 is 62.1 Å². The number of fused-ring (bicyclic) bond motifs is 1. The lowest BCUT2D eigenvalue weighted by Crippen LogP contribution is -2.20. The Morgan fingerprint density at radius 2 is 2.03 bits per heavy atom. The minimum absolute atomic E-state index is 0.127.